The summed E-state index contributed by atoms with van der Waals surface area (Å²) in [5.41, 5.74) is 5.25. The third kappa shape index (κ3) is 3.50. The normalized spacial score (nSPS) is 13.7. The smallest absolute Gasteiger partial charge is 0.143 e. The second-order valence-electron chi connectivity index (χ2n) is 11.6. The quantitative estimate of drug-likeness (QED) is 0.147. The van der Waals surface area contributed by atoms with Crippen LogP contribution in [0.15, 0.2) is 158 Å². The van der Waals surface area contributed by atoms with Gasteiger partial charge in [0.1, 0.15) is 11.5 Å². The highest BCUT2D eigenvalue weighted by atomic mass is 16.5. The highest BCUT2D eigenvalue weighted by molar-refractivity contribution is 6.24. The first kappa shape index (κ1) is 20.1. The fourth-order valence-electron chi connectivity index (χ4n) is 7.38. The van der Waals surface area contributed by atoms with E-state index in [0.717, 1.165) is 87.6 Å². The Balaban J connectivity index is 1.28. The minimum absolute atomic E-state index is 0.205. The molecule has 0 fully saturated rings. The molecule has 0 amide bonds. The Bertz CT molecular complexity index is 2940. The summed E-state index contributed by atoms with van der Waals surface area (Å²) in [6.45, 7) is 0. The van der Waals surface area contributed by atoms with Crippen molar-refractivity contribution in [3.05, 3.63) is 158 Å². The van der Waals surface area contributed by atoms with Gasteiger partial charge < -0.3 is 4.74 Å². The second kappa shape index (κ2) is 9.29. The first-order valence-corrected chi connectivity index (χ1v) is 15.1. The minimum atomic E-state index is -0.395. The van der Waals surface area contributed by atoms with E-state index in [9.17, 15) is 0 Å². The van der Waals surface area contributed by atoms with Crippen molar-refractivity contribution >= 4 is 53.9 Å². The molecule has 0 saturated heterocycles. The van der Waals surface area contributed by atoms with Gasteiger partial charge in [0, 0.05) is 16.3 Å². The number of benzene rings is 9. The number of hydrogen-bond acceptors (Lipinski definition) is 1. The molecular weight excluding hydrogens is 544 g/mol. The van der Waals surface area contributed by atoms with E-state index < -0.39 is 6.04 Å². The van der Waals surface area contributed by atoms with E-state index >= 15 is 0 Å². The average Bonchev–Trinajstić information content (AvgIpc) is 3.16. The predicted octanol–water partition coefficient (Wildman–Crippen LogP) is 12.6. The molecule has 1 heterocycles. The fraction of sp³-hybridized carbons (Fsp3) is 0. The summed E-state index contributed by atoms with van der Waals surface area (Å²) in [6.07, 6.45) is 0. The highest BCUT2D eigenvalue weighted by Gasteiger charge is 2.24. The van der Waals surface area contributed by atoms with Gasteiger partial charge in [0.15, 0.2) is 0 Å². The Morgan fingerprint density at radius 1 is 0.422 bits per heavy atom. The van der Waals surface area contributed by atoms with E-state index in [1.54, 1.807) is 0 Å². The molecule has 0 unspecified atom stereocenters. The number of fused-ring (bicyclic) bond motifs is 8. The van der Waals surface area contributed by atoms with Gasteiger partial charge in [-0.3, -0.25) is 0 Å². The zero-order valence-corrected chi connectivity index (χ0v) is 24.0. The molecule has 1 aliphatic rings. The lowest BCUT2D eigenvalue weighted by Crippen LogP contribution is -1.99. The van der Waals surface area contributed by atoms with Crippen LogP contribution in [0.4, 0.5) is 0 Å². The fourth-order valence-corrected chi connectivity index (χ4v) is 7.38. The molecule has 45 heavy (non-hydrogen) atoms. The molecule has 0 aliphatic carbocycles. The third-order valence-electron chi connectivity index (χ3n) is 9.33. The molecule has 1 heteroatoms. The van der Waals surface area contributed by atoms with Gasteiger partial charge in [-0.25, -0.2) is 0 Å². The minimum Gasteiger partial charge on any atom is -0.455 e. The van der Waals surface area contributed by atoms with Crippen LogP contribution in [-0.4, -0.2) is 0 Å². The maximum Gasteiger partial charge on any atom is 0.143 e. The Labute approximate surface area is 267 Å². The molecule has 0 saturated carbocycles. The van der Waals surface area contributed by atoms with Crippen LogP contribution in [0.5, 0.6) is 11.5 Å². The molecule has 0 spiro atoms. The van der Waals surface area contributed by atoms with Gasteiger partial charge in [0.25, 0.3) is 0 Å². The van der Waals surface area contributed by atoms with Gasteiger partial charge in [-0.1, -0.05) is 133 Å². The number of ether oxygens (including phenoxy) is 1. The van der Waals surface area contributed by atoms with Gasteiger partial charge in [-0.2, -0.15) is 0 Å². The van der Waals surface area contributed by atoms with Gasteiger partial charge in [0.05, 0.1) is 6.85 Å². The van der Waals surface area contributed by atoms with Crippen LogP contribution < -0.4 is 4.74 Å². The van der Waals surface area contributed by atoms with E-state index in [2.05, 4.69) is 91.0 Å². The Hall–Kier alpha value is -5.92. The van der Waals surface area contributed by atoms with Crippen LogP contribution in [0.25, 0.3) is 87.2 Å². The molecule has 9 aromatic carbocycles. The van der Waals surface area contributed by atoms with Crippen molar-refractivity contribution in [2.45, 2.75) is 0 Å². The van der Waals surface area contributed by atoms with Crippen LogP contribution in [0.1, 0.15) is 6.85 Å². The van der Waals surface area contributed by atoms with Crippen molar-refractivity contribution in [1.29, 1.82) is 0 Å². The predicted molar refractivity (Wildman–Crippen MR) is 190 cm³/mol. The topological polar surface area (TPSA) is 9.23 Å². The second-order valence-corrected chi connectivity index (χ2v) is 11.6. The van der Waals surface area contributed by atoms with E-state index in [0.29, 0.717) is 5.56 Å². The monoisotopic (exact) mass is 575 g/mol. The highest BCUT2D eigenvalue weighted by Crippen LogP contribution is 2.52. The van der Waals surface area contributed by atoms with Crippen LogP contribution >= 0.6 is 0 Å². The van der Waals surface area contributed by atoms with Gasteiger partial charge in [0.2, 0.25) is 0 Å². The van der Waals surface area contributed by atoms with Crippen LogP contribution in [0.2, 0.25) is 0 Å². The average molecular weight is 576 g/mol. The molecule has 0 bridgehead atoms. The van der Waals surface area contributed by atoms with E-state index in [1.165, 1.54) is 0 Å². The standard InChI is InChI=1S/C44H26O/c1-2-10-27(11-3-1)30-16-8-17-33-34(30)22-23-38-40(33)26-29-13-5-6-14-31(29)42(38)37-24-25-41-43-35(37)18-9-19-36(43)39-21-20-28-12-4-7-15-32(28)44(39)45-41/h1-26H/i1D,2D,3D,10D,11D. The number of hydrogen-bond donors (Lipinski definition) is 0. The summed E-state index contributed by atoms with van der Waals surface area (Å²) in [7, 11) is 0. The van der Waals surface area contributed by atoms with Gasteiger partial charge in [-0.15, -0.1) is 0 Å². The van der Waals surface area contributed by atoms with Crippen molar-refractivity contribution in [2.24, 2.45) is 0 Å². The lowest BCUT2D eigenvalue weighted by molar-refractivity contribution is 0.493. The molecule has 9 aromatic rings. The molecule has 208 valence electrons. The SMILES string of the molecule is [2H]c1c([2H])c([2H])c(-c2cccc3c2ccc2c(-c4ccc5c6c(cccc46)-c4ccc6ccccc6c4O5)c4ccccc4cc23)c([2H])c1[2H]. The summed E-state index contributed by atoms with van der Waals surface area (Å²) in [5, 5.41) is 10.5. The van der Waals surface area contributed by atoms with Crippen molar-refractivity contribution in [1.82, 2.24) is 0 Å². The molecule has 0 aromatic heterocycles. The summed E-state index contributed by atoms with van der Waals surface area (Å²) in [6, 6.07) is 42.5. The first-order valence-electron chi connectivity index (χ1n) is 17.6. The third-order valence-corrected chi connectivity index (χ3v) is 9.33. The molecule has 1 nitrogen and oxygen atoms in total. The Kier molecular flexibility index (Phi) is 4.15. The lowest BCUT2D eigenvalue weighted by Gasteiger charge is -2.24. The van der Waals surface area contributed by atoms with Crippen LogP contribution in [0, 0.1) is 0 Å². The van der Waals surface area contributed by atoms with Gasteiger partial charge in [-0.05, 0) is 95.2 Å². The van der Waals surface area contributed by atoms with Crippen LogP contribution in [-0.2, 0) is 0 Å². The van der Waals surface area contributed by atoms with Crippen molar-refractivity contribution in [3.63, 3.8) is 0 Å². The number of rotatable bonds is 2. The zero-order valence-electron chi connectivity index (χ0n) is 29.0. The van der Waals surface area contributed by atoms with Crippen molar-refractivity contribution in [2.75, 3.05) is 0 Å². The van der Waals surface area contributed by atoms with Crippen LogP contribution in [0.3, 0.4) is 0 Å². The first-order chi connectivity index (χ1) is 24.4. The van der Waals surface area contributed by atoms with E-state index in [-0.39, 0.29) is 29.7 Å². The summed E-state index contributed by atoms with van der Waals surface area (Å²) in [4.78, 5) is 0. The summed E-state index contributed by atoms with van der Waals surface area (Å²) < 4.78 is 48.9. The molecule has 0 radical (unpaired) electrons. The van der Waals surface area contributed by atoms with Gasteiger partial charge >= 0.3 is 0 Å². The Morgan fingerprint density at radius 3 is 2.02 bits per heavy atom. The summed E-state index contributed by atoms with van der Waals surface area (Å²) >= 11 is 0. The largest absolute Gasteiger partial charge is 0.455 e. The molecule has 10 rings (SSSR count). The maximum absolute atomic E-state index is 8.70. The maximum atomic E-state index is 8.70. The van der Waals surface area contributed by atoms with E-state index in [1.807, 2.05) is 36.4 Å². The zero-order chi connectivity index (χ0) is 33.8. The summed E-state index contributed by atoms with van der Waals surface area (Å²) in [5.74, 6) is 1.72. The Morgan fingerprint density at radius 2 is 1.13 bits per heavy atom. The van der Waals surface area contributed by atoms with Crippen molar-refractivity contribution in [3.8, 4) is 44.9 Å². The van der Waals surface area contributed by atoms with Crippen molar-refractivity contribution < 1.29 is 11.6 Å². The molecule has 0 atom stereocenters. The molecular formula is C44H26O. The lowest BCUT2D eigenvalue weighted by atomic mass is 9.85. The molecule has 1 aliphatic heterocycles. The molecule has 0 N–H and O–H groups in total. The van der Waals surface area contributed by atoms with E-state index in [4.69, 9.17) is 11.6 Å².